The van der Waals surface area contributed by atoms with Crippen molar-refractivity contribution in [2.45, 2.75) is 57.8 Å². The van der Waals surface area contributed by atoms with Crippen molar-refractivity contribution in [1.29, 1.82) is 0 Å². The van der Waals surface area contributed by atoms with Crippen molar-refractivity contribution in [2.24, 2.45) is 0 Å². The van der Waals surface area contributed by atoms with Gasteiger partial charge in [0.1, 0.15) is 5.75 Å². The van der Waals surface area contributed by atoms with Gasteiger partial charge in [-0.3, -0.25) is 0 Å². The molecule has 0 heterocycles. The molecule has 0 atom stereocenters. The van der Waals surface area contributed by atoms with E-state index in [0.29, 0.717) is 18.8 Å². The Bertz CT molecular complexity index is 436. The van der Waals surface area contributed by atoms with Gasteiger partial charge in [-0.2, -0.15) is 0 Å². The summed E-state index contributed by atoms with van der Waals surface area (Å²) in [6.45, 7) is 0.564. The topological polar surface area (TPSA) is 46.5 Å². The fraction of sp³-hybridized carbons (Fsp3) is 0.588. The number of carboxylic acid groups (broad SMARTS) is 1. The molecule has 22 heavy (non-hydrogen) atoms. The predicted molar refractivity (Wildman–Crippen MR) is 81.8 cm³/mol. The minimum Gasteiger partial charge on any atom is -0.494 e. The third kappa shape index (κ3) is 8.60. The van der Waals surface area contributed by atoms with Crippen molar-refractivity contribution in [1.82, 2.24) is 0 Å². The van der Waals surface area contributed by atoms with E-state index in [2.05, 4.69) is 0 Å². The monoisotopic (exact) mass is 314 g/mol. The van der Waals surface area contributed by atoms with Crippen LogP contribution in [0.2, 0.25) is 0 Å². The molecule has 124 valence electrons. The van der Waals surface area contributed by atoms with Crippen LogP contribution in [0.5, 0.6) is 5.75 Å². The molecule has 0 bridgehead atoms. The second-order valence-electron chi connectivity index (χ2n) is 5.34. The zero-order valence-electron chi connectivity index (χ0n) is 12.8. The Morgan fingerprint density at radius 2 is 1.68 bits per heavy atom. The first-order valence-electron chi connectivity index (χ1n) is 7.84. The highest BCUT2D eigenvalue weighted by Crippen LogP contribution is 2.15. The van der Waals surface area contributed by atoms with Gasteiger partial charge in [-0.1, -0.05) is 38.2 Å². The Labute approximate surface area is 130 Å². The lowest BCUT2D eigenvalue weighted by Gasteiger charge is -2.07. The van der Waals surface area contributed by atoms with Gasteiger partial charge in [0.05, 0.1) is 12.2 Å². The van der Waals surface area contributed by atoms with E-state index in [1.165, 1.54) is 12.1 Å². The van der Waals surface area contributed by atoms with Crippen LogP contribution in [0.1, 0.15) is 61.7 Å². The maximum Gasteiger partial charge on any atom is 0.335 e. The smallest absolute Gasteiger partial charge is 0.335 e. The van der Waals surface area contributed by atoms with Crippen LogP contribution in [0, 0.1) is 0 Å². The molecule has 0 saturated carbocycles. The number of halogens is 2. The van der Waals surface area contributed by atoms with Gasteiger partial charge in [-0.15, -0.1) is 0 Å². The zero-order valence-corrected chi connectivity index (χ0v) is 12.8. The van der Waals surface area contributed by atoms with Crippen molar-refractivity contribution >= 4 is 5.97 Å². The minimum atomic E-state index is -2.17. The third-order valence-electron chi connectivity index (χ3n) is 3.42. The molecule has 5 heteroatoms. The van der Waals surface area contributed by atoms with Gasteiger partial charge in [0.2, 0.25) is 6.43 Å². The van der Waals surface area contributed by atoms with Crippen LogP contribution in [0.4, 0.5) is 8.78 Å². The van der Waals surface area contributed by atoms with Gasteiger partial charge in [-0.25, -0.2) is 13.6 Å². The van der Waals surface area contributed by atoms with E-state index in [9.17, 15) is 13.6 Å². The van der Waals surface area contributed by atoms with Gasteiger partial charge in [0, 0.05) is 6.42 Å². The molecular weight excluding hydrogens is 290 g/mol. The van der Waals surface area contributed by atoms with Crippen LogP contribution in [0.15, 0.2) is 24.3 Å². The quantitative estimate of drug-likeness (QED) is 0.543. The summed E-state index contributed by atoms with van der Waals surface area (Å²) in [6.07, 6.45) is 4.44. The number of aromatic carboxylic acids is 1. The lowest BCUT2D eigenvalue weighted by Crippen LogP contribution is -2.00. The van der Waals surface area contributed by atoms with Crippen LogP contribution in [0.3, 0.4) is 0 Å². The molecule has 0 fully saturated rings. The molecule has 0 spiro atoms. The highest BCUT2D eigenvalue weighted by molar-refractivity contribution is 5.87. The summed E-state index contributed by atoms with van der Waals surface area (Å²) < 4.78 is 29.3. The SMILES string of the molecule is O=C(O)c1cccc(OCCCCCCCCCC(F)F)c1. The molecule has 0 aliphatic heterocycles. The van der Waals surface area contributed by atoms with E-state index in [-0.39, 0.29) is 12.0 Å². The average Bonchev–Trinajstić information content (AvgIpc) is 2.49. The maximum absolute atomic E-state index is 11.9. The maximum atomic E-state index is 11.9. The molecule has 0 aliphatic carbocycles. The van der Waals surface area contributed by atoms with Crippen LogP contribution >= 0.6 is 0 Å². The molecule has 0 radical (unpaired) electrons. The highest BCUT2D eigenvalue weighted by atomic mass is 19.3. The van der Waals surface area contributed by atoms with Crippen LogP contribution < -0.4 is 4.74 Å². The molecule has 0 amide bonds. The number of hydrogen-bond acceptors (Lipinski definition) is 2. The molecular formula is C17H24F2O3. The third-order valence-corrected chi connectivity index (χ3v) is 3.42. The number of rotatable bonds is 12. The number of unbranched alkanes of at least 4 members (excludes halogenated alkanes) is 6. The van der Waals surface area contributed by atoms with E-state index >= 15 is 0 Å². The second kappa shape index (κ2) is 11.0. The molecule has 0 aliphatic rings. The first-order chi connectivity index (χ1) is 10.6. The molecule has 0 unspecified atom stereocenters. The van der Waals surface area contributed by atoms with Crippen molar-refractivity contribution in [3.8, 4) is 5.75 Å². The van der Waals surface area contributed by atoms with Crippen molar-refractivity contribution in [3.63, 3.8) is 0 Å². The van der Waals surface area contributed by atoms with Gasteiger partial charge >= 0.3 is 5.97 Å². The molecule has 1 aromatic carbocycles. The summed E-state index contributed by atoms with van der Waals surface area (Å²) in [6, 6.07) is 6.46. The van der Waals surface area contributed by atoms with Crippen molar-refractivity contribution in [2.75, 3.05) is 6.61 Å². The minimum absolute atomic E-state index is 0.0171. The second-order valence-corrected chi connectivity index (χ2v) is 5.34. The lowest BCUT2D eigenvalue weighted by atomic mass is 10.1. The van der Waals surface area contributed by atoms with Crippen molar-refractivity contribution in [3.05, 3.63) is 29.8 Å². The average molecular weight is 314 g/mol. The molecule has 0 saturated heterocycles. The number of ether oxygens (including phenoxy) is 1. The number of carboxylic acids is 1. The van der Waals surface area contributed by atoms with Crippen LogP contribution in [-0.4, -0.2) is 24.1 Å². The van der Waals surface area contributed by atoms with Gasteiger partial charge in [0.15, 0.2) is 0 Å². The summed E-state index contributed by atoms with van der Waals surface area (Å²) in [5.41, 5.74) is 0.223. The Kier molecular flexibility index (Phi) is 9.19. The predicted octanol–water partition coefficient (Wildman–Crippen LogP) is 5.15. The summed E-state index contributed by atoms with van der Waals surface area (Å²) in [5, 5.41) is 8.87. The normalized spacial score (nSPS) is 10.9. The number of benzene rings is 1. The molecule has 1 aromatic rings. The Balaban J connectivity index is 1.99. The lowest BCUT2D eigenvalue weighted by molar-refractivity contribution is 0.0696. The molecule has 1 rings (SSSR count). The van der Waals surface area contributed by atoms with Gasteiger partial charge in [-0.05, 0) is 31.0 Å². The highest BCUT2D eigenvalue weighted by Gasteiger charge is 2.03. The molecule has 0 aromatic heterocycles. The van der Waals surface area contributed by atoms with E-state index in [4.69, 9.17) is 9.84 Å². The zero-order chi connectivity index (χ0) is 16.2. The number of hydrogen-bond donors (Lipinski definition) is 1. The molecule has 3 nitrogen and oxygen atoms in total. The number of alkyl halides is 2. The molecule has 1 N–H and O–H groups in total. The fourth-order valence-electron chi connectivity index (χ4n) is 2.19. The summed E-state index contributed by atoms with van der Waals surface area (Å²) >= 11 is 0. The first kappa shape index (κ1) is 18.4. The van der Waals surface area contributed by atoms with Crippen LogP contribution in [-0.2, 0) is 0 Å². The Hall–Kier alpha value is -1.65. The van der Waals surface area contributed by atoms with Gasteiger partial charge < -0.3 is 9.84 Å². The first-order valence-corrected chi connectivity index (χ1v) is 7.84. The fourth-order valence-corrected chi connectivity index (χ4v) is 2.19. The van der Waals surface area contributed by atoms with E-state index in [1.807, 2.05) is 0 Å². The summed E-state index contributed by atoms with van der Waals surface area (Å²) in [4.78, 5) is 10.8. The Morgan fingerprint density at radius 3 is 2.32 bits per heavy atom. The van der Waals surface area contributed by atoms with Gasteiger partial charge in [0.25, 0.3) is 0 Å². The number of carbonyl (C=O) groups is 1. The standard InChI is InChI=1S/C17H24F2O3/c18-16(19)11-6-4-2-1-3-5-7-12-22-15-10-8-9-14(13-15)17(20)21/h8-10,13,16H,1-7,11-12H2,(H,20,21). The van der Waals surface area contributed by atoms with Crippen LogP contribution in [0.25, 0.3) is 0 Å². The van der Waals surface area contributed by atoms with E-state index in [0.717, 1.165) is 38.5 Å². The van der Waals surface area contributed by atoms with Crippen molar-refractivity contribution < 1.29 is 23.4 Å². The van der Waals surface area contributed by atoms with E-state index in [1.54, 1.807) is 12.1 Å². The Morgan fingerprint density at radius 1 is 1.05 bits per heavy atom. The summed E-state index contributed by atoms with van der Waals surface area (Å²) in [7, 11) is 0. The van der Waals surface area contributed by atoms with E-state index < -0.39 is 12.4 Å². The largest absolute Gasteiger partial charge is 0.494 e. The summed E-state index contributed by atoms with van der Waals surface area (Å²) in [5.74, 6) is -0.385.